The number of nitrogens with zero attached hydrogens (tertiary/aromatic N) is 2. The fourth-order valence-electron chi connectivity index (χ4n) is 2.73. The van der Waals surface area contributed by atoms with Crippen LogP contribution >= 0.6 is 11.8 Å². The van der Waals surface area contributed by atoms with Gasteiger partial charge in [-0.3, -0.25) is 4.79 Å². The maximum atomic E-state index is 12.8. The predicted octanol–water partition coefficient (Wildman–Crippen LogP) is 5.24. The lowest BCUT2D eigenvalue weighted by Gasteiger charge is -2.09. The van der Waals surface area contributed by atoms with Crippen LogP contribution in [0.25, 0.3) is 5.69 Å². The van der Waals surface area contributed by atoms with Crippen LogP contribution in [0.5, 0.6) is 0 Å². The van der Waals surface area contributed by atoms with Gasteiger partial charge in [-0.25, -0.2) is 4.68 Å². The van der Waals surface area contributed by atoms with Crippen LogP contribution in [0.15, 0.2) is 59.5 Å². The van der Waals surface area contributed by atoms with Crippen LogP contribution in [0.4, 0.5) is 18.9 Å². The van der Waals surface area contributed by atoms with Crippen LogP contribution in [-0.4, -0.2) is 21.4 Å². The van der Waals surface area contributed by atoms with Gasteiger partial charge in [0.25, 0.3) is 0 Å². The first-order valence-electron chi connectivity index (χ1n) is 8.47. The SMILES string of the molecule is Cc1nn(-c2ccccc2)c(C)c1NC(=O)CSc1cccc(C(F)(F)F)c1. The molecule has 3 aromatic rings. The highest BCUT2D eigenvalue weighted by atomic mass is 32.2. The van der Waals surface area contributed by atoms with E-state index in [2.05, 4.69) is 10.4 Å². The molecule has 4 nitrogen and oxygen atoms in total. The zero-order chi connectivity index (χ0) is 20.3. The summed E-state index contributed by atoms with van der Waals surface area (Å²) in [7, 11) is 0. The fraction of sp³-hybridized carbons (Fsp3) is 0.200. The van der Waals surface area contributed by atoms with E-state index in [1.807, 2.05) is 37.3 Å². The van der Waals surface area contributed by atoms with Gasteiger partial charge < -0.3 is 5.32 Å². The lowest BCUT2D eigenvalue weighted by molar-refractivity contribution is -0.137. The Morgan fingerprint density at radius 3 is 2.50 bits per heavy atom. The van der Waals surface area contributed by atoms with Gasteiger partial charge in [-0.2, -0.15) is 18.3 Å². The molecule has 0 fully saturated rings. The molecule has 0 radical (unpaired) electrons. The molecule has 0 aliphatic rings. The zero-order valence-corrected chi connectivity index (χ0v) is 16.1. The van der Waals surface area contributed by atoms with E-state index in [9.17, 15) is 18.0 Å². The monoisotopic (exact) mass is 405 g/mol. The summed E-state index contributed by atoms with van der Waals surface area (Å²) in [6.45, 7) is 3.64. The van der Waals surface area contributed by atoms with Gasteiger partial charge >= 0.3 is 6.18 Å². The molecule has 28 heavy (non-hydrogen) atoms. The number of nitrogens with one attached hydrogen (secondary N) is 1. The number of alkyl halides is 3. The first-order chi connectivity index (χ1) is 13.3. The standard InChI is InChI=1S/C20H18F3N3OS/c1-13-19(14(2)26(25-13)16-8-4-3-5-9-16)24-18(27)12-28-17-10-6-7-15(11-17)20(21,22)23/h3-11H,12H2,1-2H3,(H,24,27). The number of benzene rings is 2. The van der Waals surface area contributed by atoms with Gasteiger partial charge in [-0.1, -0.05) is 24.3 Å². The average molecular weight is 405 g/mol. The number of para-hydroxylation sites is 1. The molecule has 3 rings (SSSR count). The van der Waals surface area contributed by atoms with Crippen molar-refractivity contribution >= 4 is 23.4 Å². The second-order valence-electron chi connectivity index (χ2n) is 6.16. The smallest absolute Gasteiger partial charge is 0.322 e. The van der Waals surface area contributed by atoms with Crippen molar-refractivity contribution in [2.75, 3.05) is 11.1 Å². The Bertz CT molecular complexity index is 984. The summed E-state index contributed by atoms with van der Waals surface area (Å²) in [5.41, 5.74) is 2.20. The highest BCUT2D eigenvalue weighted by Crippen LogP contribution is 2.32. The minimum absolute atomic E-state index is 0.00327. The van der Waals surface area contributed by atoms with E-state index in [4.69, 9.17) is 0 Å². The number of hydrogen-bond acceptors (Lipinski definition) is 3. The molecule has 146 valence electrons. The maximum absolute atomic E-state index is 12.8. The average Bonchev–Trinajstić information content (AvgIpc) is 2.95. The number of anilines is 1. The molecule has 0 unspecified atom stereocenters. The third-order valence-electron chi connectivity index (χ3n) is 4.09. The summed E-state index contributed by atoms with van der Waals surface area (Å²) < 4.78 is 40.1. The Balaban J connectivity index is 1.68. The molecule has 1 heterocycles. The van der Waals surface area contributed by atoms with Gasteiger partial charge in [-0.15, -0.1) is 11.8 Å². The van der Waals surface area contributed by atoms with Crippen LogP contribution in [0.2, 0.25) is 0 Å². The van der Waals surface area contributed by atoms with Crippen molar-refractivity contribution in [3.8, 4) is 5.69 Å². The lowest BCUT2D eigenvalue weighted by Crippen LogP contribution is -2.15. The summed E-state index contributed by atoms with van der Waals surface area (Å²) in [5.74, 6) is -0.308. The Kier molecular flexibility index (Phi) is 5.79. The number of rotatable bonds is 5. The van der Waals surface area contributed by atoms with Crippen LogP contribution in [-0.2, 0) is 11.0 Å². The van der Waals surface area contributed by atoms with Crippen molar-refractivity contribution in [2.24, 2.45) is 0 Å². The number of hydrogen-bond donors (Lipinski definition) is 1. The van der Waals surface area contributed by atoms with Crippen molar-refractivity contribution in [3.63, 3.8) is 0 Å². The molecule has 0 aliphatic carbocycles. The first-order valence-corrected chi connectivity index (χ1v) is 9.46. The molecule has 0 spiro atoms. The Hall–Kier alpha value is -2.74. The van der Waals surface area contributed by atoms with E-state index in [1.165, 1.54) is 6.07 Å². The Labute approximate surface area is 164 Å². The van der Waals surface area contributed by atoms with Gasteiger partial charge in [0.2, 0.25) is 5.91 Å². The summed E-state index contributed by atoms with van der Waals surface area (Å²) in [6.07, 6.45) is -4.40. The molecular formula is C20H18F3N3OS. The molecule has 0 atom stereocenters. The van der Waals surface area contributed by atoms with Crippen molar-refractivity contribution in [1.82, 2.24) is 9.78 Å². The second-order valence-corrected chi connectivity index (χ2v) is 7.20. The number of amides is 1. The highest BCUT2D eigenvalue weighted by molar-refractivity contribution is 8.00. The van der Waals surface area contributed by atoms with Crippen LogP contribution < -0.4 is 5.32 Å². The second kappa shape index (κ2) is 8.10. The lowest BCUT2D eigenvalue weighted by atomic mass is 10.2. The van der Waals surface area contributed by atoms with Gasteiger partial charge in [-0.05, 0) is 44.2 Å². The molecule has 0 bridgehead atoms. The number of carbonyl (C=O) groups is 1. The van der Waals surface area contributed by atoms with Crippen LogP contribution in [0.1, 0.15) is 17.0 Å². The first kappa shape index (κ1) is 20.0. The van der Waals surface area contributed by atoms with E-state index < -0.39 is 11.7 Å². The van der Waals surface area contributed by atoms with Crippen LogP contribution in [0, 0.1) is 13.8 Å². The highest BCUT2D eigenvalue weighted by Gasteiger charge is 2.30. The van der Waals surface area contributed by atoms with Gasteiger partial charge in [0.05, 0.1) is 34.1 Å². The van der Waals surface area contributed by atoms with E-state index in [1.54, 1.807) is 17.7 Å². The minimum Gasteiger partial charge on any atom is -0.322 e. The van der Waals surface area contributed by atoms with Crippen molar-refractivity contribution < 1.29 is 18.0 Å². The molecule has 1 amide bonds. The van der Waals surface area contributed by atoms with Crippen molar-refractivity contribution in [1.29, 1.82) is 0 Å². The molecule has 2 aromatic carbocycles. The molecule has 1 N–H and O–H groups in total. The van der Waals surface area contributed by atoms with Crippen molar-refractivity contribution in [2.45, 2.75) is 24.9 Å². The normalized spacial score (nSPS) is 11.5. The van der Waals surface area contributed by atoms with E-state index in [0.717, 1.165) is 35.3 Å². The summed E-state index contributed by atoms with van der Waals surface area (Å²) >= 11 is 1.05. The molecule has 0 saturated heterocycles. The fourth-order valence-corrected chi connectivity index (χ4v) is 3.49. The predicted molar refractivity (Wildman–Crippen MR) is 104 cm³/mol. The summed E-state index contributed by atoms with van der Waals surface area (Å²) in [5, 5.41) is 7.28. The van der Waals surface area contributed by atoms with E-state index >= 15 is 0 Å². The van der Waals surface area contributed by atoms with Crippen molar-refractivity contribution in [3.05, 3.63) is 71.5 Å². The molecule has 1 aromatic heterocycles. The third-order valence-corrected chi connectivity index (χ3v) is 5.08. The quantitative estimate of drug-likeness (QED) is 0.591. The largest absolute Gasteiger partial charge is 0.416 e. The number of halogens is 3. The number of carbonyl (C=O) groups excluding carboxylic acids is 1. The van der Waals surface area contributed by atoms with E-state index in [0.29, 0.717) is 16.3 Å². The number of thioether (sulfide) groups is 1. The topological polar surface area (TPSA) is 46.9 Å². The van der Waals surface area contributed by atoms with Gasteiger partial charge in [0, 0.05) is 4.90 Å². The Morgan fingerprint density at radius 2 is 1.82 bits per heavy atom. The van der Waals surface area contributed by atoms with E-state index in [-0.39, 0.29) is 11.7 Å². The molecular weight excluding hydrogens is 387 g/mol. The van der Waals surface area contributed by atoms with Gasteiger partial charge in [0.15, 0.2) is 0 Å². The summed E-state index contributed by atoms with van der Waals surface area (Å²) in [4.78, 5) is 12.7. The van der Waals surface area contributed by atoms with Crippen LogP contribution in [0.3, 0.4) is 0 Å². The molecule has 0 saturated carbocycles. The Morgan fingerprint density at radius 1 is 1.11 bits per heavy atom. The molecule has 8 heteroatoms. The maximum Gasteiger partial charge on any atom is 0.416 e. The number of aryl methyl sites for hydroxylation is 1. The minimum atomic E-state index is -4.40. The summed E-state index contributed by atoms with van der Waals surface area (Å²) in [6, 6.07) is 14.5. The number of aromatic nitrogens is 2. The third kappa shape index (κ3) is 4.56. The zero-order valence-electron chi connectivity index (χ0n) is 15.2. The molecule has 0 aliphatic heterocycles. The van der Waals surface area contributed by atoms with Gasteiger partial charge in [0.1, 0.15) is 0 Å².